The average molecular weight is 374 g/mol. The van der Waals surface area contributed by atoms with Gasteiger partial charge in [0.1, 0.15) is 12.9 Å². The summed E-state index contributed by atoms with van der Waals surface area (Å²) in [4.78, 5) is 17.1. The third kappa shape index (κ3) is 3.98. The Kier molecular flexibility index (Phi) is 5.51. The summed E-state index contributed by atoms with van der Waals surface area (Å²) in [7, 11) is 1.63. The average Bonchev–Trinajstić information content (AvgIpc) is 3.39. The van der Waals surface area contributed by atoms with Gasteiger partial charge in [0.15, 0.2) is 0 Å². The number of hydrogen-bond acceptors (Lipinski definition) is 4. The fourth-order valence-electron chi connectivity index (χ4n) is 3.98. The van der Waals surface area contributed by atoms with Gasteiger partial charge in [0.05, 0.1) is 5.71 Å². The molecule has 0 aliphatic heterocycles. The Hall–Kier alpha value is -2.95. The van der Waals surface area contributed by atoms with Crippen molar-refractivity contribution in [2.75, 3.05) is 7.11 Å². The molecule has 1 aromatic carbocycles. The van der Waals surface area contributed by atoms with Gasteiger partial charge in [-0.2, -0.15) is 0 Å². The maximum atomic E-state index is 5.00. The van der Waals surface area contributed by atoms with E-state index in [-0.39, 0.29) is 5.92 Å². The van der Waals surface area contributed by atoms with E-state index in [4.69, 9.17) is 4.84 Å². The van der Waals surface area contributed by atoms with Crippen LogP contribution in [0, 0.1) is 5.92 Å². The molecule has 2 atom stereocenters. The molecule has 1 fully saturated rings. The minimum Gasteiger partial charge on any atom is -0.399 e. The number of benzene rings is 1. The summed E-state index contributed by atoms with van der Waals surface area (Å²) in [6, 6.07) is 12.9. The highest BCUT2D eigenvalue weighted by Gasteiger charge is 2.23. The Bertz CT molecular complexity index is 931. The summed E-state index contributed by atoms with van der Waals surface area (Å²) in [6.45, 7) is 2.21. The largest absolute Gasteiger partial charge is 0.399 e. The normalized spacial score (nSPS) is 19.1. The fourth-order valence-corrected chi connectivity index (χ4v) is 3.98. The maximum absolute atomic E-state index is 5.00. The highest BCUT2D eigenvalue weighted by molar-refractivity contribution is 5.88. The van der Waals surface area contributed by atoms with Crippen LogP contribution < -0.4 is 0 Å². The molecule has 2 unspecified atom stereocenters. The van der Waals surface area contributed by atoms with Crippen molar-refractivity contribution in [2.24, 2.45) is 11.1 Å². The van der Waals surface area contributed by atoms with Crippen molar-refractivity contribution in [3.63, 3.8) is 0 Å². The Labute approximate surface area is 165 Å². The number of aromatic amines is 1. The third-order valence-electron chi connectivity index (χ3n) is 5.64. The summed E-state index contributed by atoms with van der Waals surface area (Å²) in [6.07, 6.45) is 10.0. The number of aromatic nitrogens is 3. The van der Waals surface area contributed by atoms with Gasteiger partial charge in [-0.25, -0.2) is 4.98 Å². The molecule has 0 spiro atoms. The topological polar surface area (TPSA) is 63.2 Å². The molecule has 4 rings (SSSR count). The molecule has 2 heterocycles. The molecule has 144 valence electrons. The van der Waals surface area contributed by atoms with E-state index in [0.29, 0.717) is 5.92 Å². The number of pyridine rings is 1. The first kappa shape index (κ1) is 18.4. The summed E-state index contributed by atoms with van der Waals surface area (Å²) >= 11 is 0. The zero-order valence-corrected chi connectivity index (χ0v) is 16.4. The van der Waals surface area contributed by atoms with Gasteiger partial charge >= 0.3 is 0 Å². The lowest BCUT2D eigenvalue weighted by molar-refractivity contribution is 0.211. The van der Waals surface area contributed by atoms with Crippen LogP contribution in [0.4, 0.5) is 0 Å². The van der Waals surface area contributed by atoms with E-state index in [0.717, 1.165) is 29.9 Å². The van der Waals surface area contributed by atoms with Gasteiger partial charge in [-0.1, -0.05) is 36.3 Å². The van der Waals surface area contributed by atoms with Gasteiger partial charge in [-0.05, 0) is 48.9 Å². The van der Waals surface area contributed by atoms with E-state index < -0.39 is 0 Å². The molecule has 5 heteroatoms. The van der Waals surface area contributed by atoms with E-state index in [1.54, 1.807) is 19.5 Å². The number of nitrogens with one attached hydrogen (secondary N) is 1. The third-order valence-corrected chi connectivity index (χ3v) is 5.64. The van der Waals surface area contributed by atoms with Crippen LogP contribution in [-0.4, -0.2) is 27.8 Å². The molecule has 0 bridgehead atoms. The van der Waals surface area contributed by atoms with E-state index in [9.17, 15) is 0 Å². The zero-order valence-electron chi connectivity index (χ0n) is 16.4. The van der Waals surface area contributed by atoms with E-state index >= 15 is 0 Å². The number of imidazole rings is 1. The molecule has 3 aromatic rings. The number of H-pyrrole nitrogens is 1. The molecule has 0 amide bonds. The van der Waals surface area contributed by atoms with Crippen LogP contribution in [0.1, 0.15) is 48.9 Å². The highest BCUT2D eigenvalue weighted by Crippen LogP contribution is 2.29. The summed E-state index contributed by atoms with van der Waals surface area (Å²) in [5, 5.41) is 4.22. The molecule has 1 saturated carbocycles. The monoisotopic (exact) mass is 374 g/mol. The lowest BCUT2D eigenvalue weighted by atomic mass is 9.93. The van der Waals surface area contributed by atoms with Crippen molar-refractivity contribution in [3.05, 3.63) is 71.8 Å². The molecule has 1 N–H and O–H groups in total. The van der Waals surface area contributed by atoms with Gasteiger partial charge < -0.3 is 9.82 Å². The van der Waals surface area contributed by atoms with Crippen LogP contribution in [0.2, 0.25) is 0 Å². The van der Waals surface area contributed by atoms with Crippen molar-refractivity contribution < 1.29 is 4.84 Å². The first-order chi connectivity index (χ1) is 13.7. The summed E-state index contributed by atoms with van der Waals surface area (Å²) in [5.74, 6) is 1.65. The minimum absolute atomic E-state index is 0.259. The molecular formula is C23H26N4O. The maximum Gasteiger partial charge on any atom is 0.137 e. The molecule has 5 nitrogen and oxygen atoms in total. The minimum atomic E-state index is 0.259. The molecule has 1 aliphatic carbocycles. The van der Waals surface area contributed by atoms with Gasteiger partial charge in [0, 0.05) is 41.7 Å². The van der Waals surface area contributed by atoms with Gasteiger partial charge in [-0.15, -0.1) is 0 Å². The van der Waals surface area contributed by atoms with Crippen molar-refractivity contribution in [2.45, 2.75) is 38.5 Å². The predicted molar refractivity (Wildman–Crippen MR) is 111 cm³/mol. The van der Waals surface area contributed by atoms with Crippen LogP contribution in [0.15, 0.2) is 60.1 Å². The van der Waals surface area contributed by atoms with Crippen molar-refractivity contribution in [1.82, 2.24) is 15.0 Å². The number of rotatable bonds is 6. The number of nitrogens with zero attached hydrogens (tertiary/aromatic N) is 3. The summed E-state index contributed by atoms with van der Waals surface area (Å²) in [5.41, 5.74) is 6.01. The Morgan fingerprint density at radius 2 is 1.96 bits per heavy atom. The standard InChI is InChI=1S/C23H26N4O/c1-16(22-15-25-23(26-22)19-10-12-24-13-11-19)18-8-6-17(7-9-18)14-20-4-3-5-21(20)27-28-2/h6-13,15-16,20H,3-5,14H2,1-2H3,(H,25,26). The molecule has 28 heavy (non-hydrogen) atoms. The first-order valence-corrected chi connectivity index (χ1v) is 9.88. The molecule has 0 radical (unpaired) electrons. The summed E-state index contributed by atoms with van der Waals surface area (Å²) < 4.78 is 0. The number of hydrogen-bond donors (Lipinski definition) is 1. The van der Waals surface area contributed by atoms with Crippen molar-refractivity contribution in [1.29, 1.82) is 0 Å². The van der Waals surface area contributed by atoms with Crippen molar-refractivity contribution in [3.8, 4) is 11.4 Å². The second-order valence-corrected chi connectivity index (χ2v) is 7.44. The van der Waals surface area contributed by atoms with Crippen LogP contribution in [-0.2, 0) is 11.3 Å². The zero-order chi connectivity index (χ0) is 19.3. The van der Waals surface area contributed by atoms with Gasteiger partial charge in [0.25, 0.3) is 0 Å². The Balaban J connectivity index is 1.45. The van der Waals surface area contributed by atoms with Crippen LogP contribution in [0.5, 0.6) is 0 Å². The van der Waals surface area contributed by atoms with Crippen molar-refractivity contribution >= 4 is 5.71 Å². The van der Waals surface area contributed by atoms with E-state index in [2.05, 4.69) is 51.3 Å². The van der Waals surface area contributed by atoms with Crippen LogP contribution in [0.25, 0.3) is 11.4 Å². The fraction of sp³-hybridized carbons (Fsp3) is 0.348. The van der Waals surface area contributed by atoms with E-state index in [1.807, 2.05) is 18.3 Å². The lowest BCUT2D eigenvalue weighted by Gasteiger charge is -2.13. The molecule has 0 saturated heterocycles. The smallest absolute Gasteiger partial charge is 0.137 e. The second kappa shape index (κ2) is 8.38. The highest BCUT2D eigenvalue weighted by atomic mass is 16.6. The van der Waals surface area contributed by atoms with Gasteiger partial charge in [0.2, 0.25) is 0 Å². The second-order valence-electron chi connectivity index (χ2n) is 7.44. The lowest BCUT2D eigenvalue weighted by Crippen LogP contribution is -2.10. The quantitative estimate of drug-likeness (QED) is 0.620. The molecule has 2 aromatic heterocycles. The predicted octanol–water partition coefficient (Wildman–Crippen LogP) is 4.97. The van der Waals surface area contributed by atoms with Gasteiger partial charge in [-0.3, -0.25) is 4.98 Å². The molecule has 1 aliphatic rings. The van der Waals surface area contributed by atoms with E-state index in [1.165, 1.54) is 29.7 Å². The Morgan fingerprint density at radius 3 is 2.71 bits per heavy atom. The first-order valence-electron chi connectivity index (χ1n) is 9.88. The molecular weight excluding hydrogens is 348 g/mol. The van der Waals surface area contributed by atoms with Crippen LogP contribution in [0.3, 0.4) is 0 Å². The SMILES string of the molecule is CON=C1CCCC1Cc1ccc(C(C)c2cnc(-c3ccncc3)[nH]2)cc1. The Morgan fingerprint density at radius 1 is 1.18 bits per heavy atom. The number of oxime groups is 1. The van der Waals surface area contributed by atoms with Crippen LogP contribution >= 0.6 is 0 Å².